The summed E-state index contributed by atoms with van der Waals surface area (Å²) >= 11 is 1.25. The van der Waals surface area contributed by atoms with Gasteiger partial charge in [-0.25, -0.2) is 9.79 Å². The van der Waals surface area contributed by atoms with E-state index in [4.69, 9.17) is 23.7 Å². The van der Waals surface area contributed by atoms with Crippen LogP contribution in [-0.2, 0) is 16.1 Å². The smallest absolute Gasteiger partial charge is 0.338 e. The number of nitrogens with zero attached hydrogens (tertiary/aromatic N) is 2. The molecule has 1 aliphatic heterocycles. The van der Waals surface area contributed by atoms with Crippen LogP contribution >= 0.6 is 11.3 Å². The molecule has 0 N–H and O–H groups in total. The van der Waals surface area contributed by atoms with E-state index < -0.39 is 12.0 Å². The van der Waals surface area contributed by atoms with E-state index in [0.29, 0.717) is 69.0 Å². The molecule has 45 heavy (non-hydrogen) atoms. The maximum Gasteiger partial charge on any atom is 0.338 e. The van der Waals surface area contributed by atoms with Crippen LogP contribution in [0.4, 0.5) is 0 Å². The van der Waals surface area contributed by atoms with E-state index in [1.165, 1.54) is 11.3 Å². The Labute approximate surface area is 265 Å². The summed E-state index contributed by atoms with van der Waals surface area (Å²) in [5.41, 5.74) is 2.96. The van der Waals surface area contributed by atoms with Gasteiger partial charge in [-0.1, -0.05) is 53.8 Å². The second-order valence-electron chi connectivity index (χ2n) is 10.1. The molecule has 0 amide bonds. The monoisotopic (exact) mass is 628 g/mol. The molecule has 0 saturated carbocycles. The number of aromatic nitrogens is 1. The fourth-order valence-corrected chi connectivity index (χ4v) is 6.17. The SMILES string of the molecule is CCOC(=O)C1=C(C)N=c2s/c(=C\c3ccc(OCc4ccccc4)c(OC)c3)c(=O)n2[C@H]1c1ccc(OCC)c(OCC)c1. The summed E-state index contributed by atoms with van der Waals surface area (Å²) < 4.78 is 30.7. The molecule has 0 fully saturated rings. The minimum atomic E-state index is -0.777. The predicted octanol–water partition coefficient (Wildman–Crippen LogP) is 5.18. The number of hydrogen-bond acceptors (Lipinski definition) is 9. The van der Waals surface area contributed by atoms with Gasteiger partial charge in [-0.05, 0) is 74.7 Å². The number of carbonyl (C=O) groups is 1. The lowest BCUT2D eigenvalue weighted by atomic mass is 9.95. The predicted molar refractivity (Wildman–Crippen MR) is 173 cm³/mol. The zero-order chi connectivity index (χ0) is 31.9. The second kappa shape index (κ2) is 14.3. The van der Waals surface area contributed by atoms with Crippen molar-refractivity contribution in [2.75, 3.05) is 26.9 Å². The highest BCUT2D eigenvalue weighted by Crippen LogP contribution is 2.36. The Balaban J connectivity index is 1.58. The largest absolute Gasteiger partial charge is 0.493 e. The Morgan fingerprint density at radius 1 is 0.889 bits per heavy atom. The maximum absolute atomic E-state index is 14.1. The molecule has 0 bridgehead atoms. The summed E-state index contributed by atoms with van der Waals surface area (Å²) in [6.45, 7) is 8.76. The Morgan fingerprint density at radius 3 is 2.31 bits per heavy atom. The summed E-state index contributed by atoms with van der Waals surface area (Å²) in [6, 6.07) is 20.1. The lowest BCUT2D eigenvalue weighted by Crippen LogP contribution is -2.40. The average molecular weight is 629 g/mol. The standard InChI is InChI=1S/C35H36N2O7S/c1-6-41-27-17-15-25(20-29(27)42-7-2)32-31(34(39)43-8-3)22(4)36-35-37(32)33(38)30(45-35)19-24-14-16-26(28(18-24)40-5)44-21-23-12-10-9-11-13-23/h9-20,32H,6-8,21H2,1-5H3/b30-19-/t32-/m0/s1. The molecule has 0 aliphatic carbocycles. The Kier molecular flexibility index (Phi) is 10.0. The summed E-state index contributed by atoms with van der Waals surface area (Å²) in [5.74, 6) is 1.72. The molecule has 0 spiro atoms. The summed E-state index contributed by atoms with van der Waals surface area (Å²) in [6.07, 6.45) is 1.79. The number of benzene rings is 3. The van der Waals surface area contributed by atoms with E-state index in [2.05, 4.69) is 4.99 Å². The van der Waals surface area contributed by atoms with Crippen LogP contribution in [0.3, 0.4) is 0 Å². The number of hydrogen-bond donors (Lipinski definition) is 0. The number of esters is 1. The lowest BCUT2D eigenvalue weighted by Gasteiger charge is -2.25. The molecule has 2 heterocycles. The second-order valence-corrected chi connectivity index (χ2v) is 11.1. The molecule has 0 radical (unpaired) electrons. The minimum absolute atomic E-state index is 0.188. The minimum Gasteiger partial charge on any atom is -0.493 e. The Morgan fingerprint density at radius 2 is 1.60 bits per heavy atom. The maximum atomic E-state index is 14.1. The van der Waals surface area contributed by atoms with Crippen LogP contribution in [0.1, 0.15) is 50.4 Å². The quantitative estimate of drug-likeness (QED) is 0.200. The topological polar surface area (TPSA) is 97.6 Å². The number of rotatable bonds is 12. The zero-order valence-corrected chi connectivity index (χ0v) is 26.8. The number of fused-ring (bicyclic) bond motifs is 1. The summed E-state index contributed by atoms with van der Waals surface area (Å²) in [5, 5.41) is 0. The first-order chi connectivity index (χ1) is 21.9. The van der Waals surface area contributed by atoms with Crippen LogP contribution in [0.25, 0.3) is 6.08 Å². The van der Waals surface area contributed by atoms with Gasteiger partial charge in [0.25, 0.3) is 5.56 Å². The van der Waals surface area contributed by atoms with Crippen molar-refractivity contribution in [1.82, 2.24) is 4.57 Å². The molecular formula is C35H36N2O7S. The number of allylic oxidation sites excluding steroid dienone is 1. The summed E-state index contributed by atoms with van der Waals surface area (Å²) in [4.78, 5) is 32.5. The van der Waals surface area contributed by atoms with Crippen molar-refractivity contribution in [3.63, 3.8) is 0 Å². The van der Waals surface area contributed by atoms with Gasteiger partial charge in [0.05, 0.1) is 48.8 Å². The van der Waals surface area contributed by atoms with Gasteiger partial charge in [-0.15, -0.1) is 0 Å². The molecule has 5 rings (SSSR count). The van der Waals surface area contributed by atoms with E-state index >= 15 is 0 Å². The third kappa shape index (κ3) is 6.81. The molecule has 1 atom stereocenters. The van der Waals surface area contributed by atoms with Gasteiger partial charge in [0.15, 0.2) is 27.8 Å². The van der Waals surface area contributed by atoms with Crippen LogP contribution in [0, 0.1) is 0 Å². The number of thiazole rings is 1. The highest BCUT2D eigenvalue weighted by atomic mass is 32.1. The van der Waals surface area contributed by atoms with Gasteiger partial charge in [-0.3, -0.25) is 9.36 Å². The molecule has 0 unspecified atom stereocenters. The van der Waals surface area contributed by atoms with Gasteiger partial charge in [0.2, 0.25) is 0 Å². The van der Waals surface area contributed by atoms with Gasteiger partial charge in [0.1, 0.15) is 6.61 Å². The molecule has 9 nitrogen and oxygen atoms in total. The van der Waals surface area contributed by atoms with Crippen molar-refractivity contribution >= 4 is 23.4 Å². The molecule has 1 aliphatic rings. The first kappa shape index (κ1) is 31.6. The molecule has 1 aromatic heterocycles. The first-order valence-electron chi connectivity index (χ1n) is 14.8. The number of ether oxygens (including phenoxy) is 5. The van der Waals surface area contributed by atoms with Crippen molar-refractivity contribution in [3.05, 3.63) is 114 Å². The Bertz CT molecular complexity index is 1890. The molecule has 10 heteroatoms. The van der Waals surface area contributed by atoms with Gasteiger partial charge < -0.3 is 23.7 Å². The van der Waals surface area contributed by atoms with Gasteiger partial charge in [0, 0.05) is 0 Å². The highest BCUT2D eigenvalue weighted by Gasteiger charge is 2.34. The third-order valence-electron chi connectivity index (χ3n) is 7.12. The molecule has 234 valence electrons. The van der Waals surface area contributed by atoms with Crippen molar-refractivity contribution in [1.29, 1.82) is 0 Å². The molecule has 4 aromatic rings. The van der Waals surface area contributed by atoms with E-state index in [1.807, 2.05) is 74.5 Å². The normalized spacial score (nSPS) is 14.4. The fourth-order valence-electron chi connectivity index (χ4n) is 5.12. The highest BCUT2D eigenvalue weighted by molar-refractivity contribution is 7.07. The van der Waals surface area contributed by atoms with Gasteiger partial charge in [-0.2, -0.15) is 0 Å². The van der Waals surface area contributed by atoms with E-state index in [1.54, 1.807) is 37.7 Å². The molecule has 0 saturated heterocycles. The van der Waals surface area contributed by atoms with Crippen molar-refractivity contribution in [2.24, 2.45) is 4.99 Å². The van der Waals surface area contributed by atoms with Crippen molar-refractivity contribution < 1.29 is 28.5 Å². The van der Waals surface area contributed by atoms with E-state index in [-0.39, 0.29) is 12.2 Å². The van der Waals surface area contributed by atoms with Gasteiger partial charge >= 0.3 is 5.97 Å². The average Bonchev–Trinajstić information content (AvgIpc) is 3.34. The number of methoxy groups -OCH3 is 1. The van der Waals surface area contributed by atoms with E-state index in [9.17, 15) is 9.59 Å². The molecule has 3 aromatic carbocycles. The lowest BCUT2D eigenvalue weighted by molar-refractivity contribution is -0.139. The molecular weight excluding hydrogens is 592 g/mol. The fraction of sp³-hybridized carbons (Fsp3) is 0.286. The van der Waals surface area contributed by atoms with Crippen LogP contribution in [0.15, 0.2) is 87.8 Å². The van der Waals surface area contributed by atoms with Crippen LogP contribution < -0.4 is 33.8 Å². The van der Waals surface area contributed by atoms with Crippen LogP contribution in [0.2, 0.25) is 0 Å². The third-order valence-corrected chi connectivity index (χ3v) is 8.11. The van der Waals surface area contributed by atoms with E-state index in [0.717, 1.165) is 11.1 Å². The van der Waals surface area contributed by atoms with Crippen molar-refractivity contribution in [3.8, 4) is 23.0 Å². The van der Waals surface area contributed by atoms with Crippen LogP contribution in [-0.4, -0.2) is 37.5 Å². The van der Waals surface area contributed by atoms with Crippen LogP contribution in [0.5, 0.6) is 23.0 Å². The summed E-state index contributed by atoms with van der Waals surface area (Å²) in [7, 11) is 1.58. The Hall–Kier alpha value is -4.83. The number of carbonyl (C=O) groups excluding carboxylic acids is 1. The zero-order valence-electron chi connectivity index (χ0n) is 26.0. The first-order valence-corrected chi connectivity index (χ1v) is 15.6. The van der Waals surface area contributed by atoms with Crippen molar-refractivity contribution in [2.45, 2.75) is 40.3 Å².